The van der Waals surface area contributed by atoms with Crippen LogP contribution in [-0.4, -0.2) is 36.3 Å². The molecule has 0 bridgehead atoms. The Morgan fingerprint density at radius 2 is 1.60 bits per heavy atom. The molecule has 2 aromatic heterocycles. The lowest BCUT2D eigenvalue weighted by atomic mass is 10.1. The molecule has 0 atom stereocenters. The summed E-state index contributed by atoms with van der Waals surface area (Å²) in [6.07, 6.45) is 4.03. The van der Waals surface area contributed by atoms with Gasteiger partial charge in [0.15, 0.2) is 6.54 Å². The molecule has 0 aliphatic carbocycles. The van der Waals surface area contributed by atoms with E-state index in [1.807, 2.05) is 91.0 Å². The van der Waals surface area contributed by atoms with Crippen molar-refractivity contribution in [3.05, 3.63) is 102 Å². The zero-order chi connectivity index (χ0) is 24.0. The topological polar surface area (TPSA) is 103 Å². The quantitative estimate of drug-likeness (QED) is 0.332. The number of nitrogens with zero attached hydrogens (tertiary/aromatic N) is 5. The summed E-state index contributed by atoms with van der Waals surface area (Å²) < 4.78 is 5.90. The summed E-state index contributed by atoms with van der Waals surface area (Å²) in [7, 11) is 0. The van der Waals surface area contributed by atoms with Crippen LogP contribution in [0.3, 0.4) is 0 Å². The maximum atomic E-state index is 10.8. The van der Waals surface area contributed by atoms with Crippen LogP contribution in [0.1, 0.15) is 16.8 Å². The molecule has 35 heavy (non-hydrogen) atoms. The van der Waals surface area contributed by atoms with Gasteiger partial charge in [0, 0.05) is 10.9 Å². The average molecular weight is 463 g/mol. The second-order valence-electron chi connectivity index (χ2n) is 7.85. The van der Waals surface area contributed by atoms with Gasteiger partial charge in [-0.2, -0.15) is 4.80 Å². The fourth-order valence-corrected chi connectivity index (χ4v) is 3.50. The summed E-state index contributed by atoms with van der Waals surface area (Å²) >= 11 is 0. The molecule has 0 aliphatic rings. The van der Waals surface area contributed by atoms with Gasteiger partial charge in [0.05, 0.1) is 11.2 Å². The van der Waals surface area contributed by atoms with Gasteiger partial charge in [0.25, 0.3) is 0 Å². The number of pyridine rings is 1. The predicted molar refractivity (Wildman–Crippen MR) is 132 cm³/mol. The van der Waals surface area contributed by atoms with Gasteiger partial charge in [-0.25, -0.2) is 4.98 Å². The van der Waals surface area contributed by atoms with Gasteiger partial charge < -0.3 is 9.84 Å². The molecule has 3 aromatic carbocycles. The van der Waals surface area contributed by atoms with Crippen LogP contribution in [0, 0.1) is 0 Å². The molecule has 0 aliphatic heterocycles. The molecule has 172 valence electrons. The van der Waals surface area contributed by atoms with Gasteiger partial charge >= 0.3 is 5.97 Å². The van der Waals surface area contributed by atoms with Gasteiger partial charge in [-0.1, -0.05) is 72.8 Å². The average Bonchev–Trinajstić information content (AvgIpc) is 3.35. The van der Waals surface area contributed by atoms with Crippen molar-refractivity contribution >= 4 is 29.0 Å². The first-order chi connectivity index (χ1) is 17.1. The monoisotopic (exact) mass is 463 g/mol. The molecular formula is C27H21N5O3. The number of carboxylic acid groups (broad SMARTS) is 1. The molecule has 5 rings (SSSR count). The summed E-state index contributed by atoms with van der Waals surface area (Å²) in [6, 6.07) is 27.6. The molecule has 0 unspecified atom stereocenters. The van der Waals surface area contributed by atoms with E-state index in [0.717, 1.165) is 43.8 Å². The summed E-state index contributed by atoms with van der Waals surface area (Å²) in [4.78, 5) is 16.4. The maximum absolute atomic E-state index is 10.8. The Bertz CT molecular complexity index is 1490. The number of tetrazole rings is 1. The van der Waals surface area contributed by atoms with Crippen LogP contribution < -0.4 is 4.74 Å². The largest absolute Gasteiger partial charge is 0.487 e. The van der Waals surface area contributed by atoms with Crippen LogP contribution >= 0.6 is 0 Å². The molecule has 0 saturated heterocycles. The number of carboxylic acids is 1. The molecule has 0 spiro atoms. The molecule has 0 saturated carbocycles. The van der Waals surface area contributed by atoms with E-state index >= 15 is 0 Å². The highest BCUT2D eigenvalue weighted by Gasteiger charge is 2.08. The fourth-order valence-electron chi connectivity index (χ4n) is 3.50. The number of para-hydroxylation sites is 1. The highest BCUT2D eigenvalue weighted by atomic mass is 16.5. The number of benzene rings is 3. The normalized spacial score (nSPS) is 11.2. The zero-order valence-corrected chi connectivity index (χ0v) is 18.7. The minimum absolute atomic E-state index is 0.321. The number of fused-ring (bicyclic) bond motifs is 1. The number of aromatic nitrogens is 5. The first-order valence-electron chi connectivity index (χ1n) is 11.0. The Morgan fingerprint density at radius 3 is 2.34 bits per heavy atom. The minimum atomic E-state index is -1.02. The molecular weight excluding hydrogens is 442 g/mol. The van der Waals surface area contributed by atoms with E-state index in [2.05, 4.69) is 26.5 Å². The van der Waals surface area contributed by atoms with E-state index in [4.69, 9.17) is 9.84 Å². The highest BCUT2D eigenvalue weighted by molar-refractivity contribution is 5.78. The molecule has 2 heterocycles. The Labute approximate surface area is 201 Å². The van der Waals surface area contributed by atoms with E-state index in [1.54, 1.807) is 0 Å². The van der Waals surface area contributed by atoms with Crippen molar-refractivity contribution in [3.8, 4) is 17.1 Å². The van der Waals surface area contributed by atoms with Crippen molar-refractivity contribution in [1.29, 1.82) is 0 Å². The van der Waals surface area contributed by atoms with Gasteiger partial charge in [-0.3, -0.25) is 4.79 Å². The summed E-state index contributed by atoms with van der Waals surface area (Å²) in [5, 5.41) is 21.7. The predicted octanol–water partition coefficient (Wildman–Crippen LogP) is 4.72. The molecule has 1 N–H and O–H groups in total. The number of hydrogen-bond acceptors (Lipinski definition) is 6. The number of rotatable bonds is 8. The SMILES string of the molecule is O=C(O)Cn1nnc(-c2ccc(C=Cc3ccc(OCc4ccc5ccccc5n4)cc3)cc2)n1. The smallest absolute Gasteiger partial charge is 0.327 e. The fraction of sp³-hybridized carbons (Fsp3) is 0.0741. The van der Waals surface area contributed by atoms with Crippen LogP contribution in [0.5, 0.6) is 5.75 Å². The number of carbonyl (C=O) groups is 1. The van der Waals surface area contributed by atoms with Gasteiger partial charge in [0.2, 0.25) is 5.82 Å². The zero-order valence-electron chi connectivity index (χ0n) is 18.7. The lowest BCUT2D eigenvalue weighted by molar-refractivity contribution is -0.138. The number of hydrogen-bond donors (Lipinski definition) is 1. The van der Waals surface area contributed by atoms with Crippen LogP contribution in [-0.2, 0) is 17.9 Å². The van der Waals surface area contributed by atoms with E-state index in [1.165, 1.54) is 0 Å². The third kappa shape index (κ3) is 5.56. The van der Waals surface area contributed by atoms with E-state index < -0.39 is 5.97 Å². The summed E-state index contributed by atoms with van der Waals surface area (Å²) in [5.41, 5.74) is 4.66. The lowest BCUT2D eigenvalue weighted by Crippen LogP contribution is -2.11. The third-order valence-corrected chi connectivity index (χ3v) is 5.29. The van der Waals surface area contributed by atoms with Gasteiger partial charge in [0.1, 0.15) is 12.4 Å². The van der Waals surface area contributed by atoms with E-state index in [-0.39, 0.29) is 6.54 Å². The van der Waals surface area contributed by atoms with Gasteiger partial charge in [-0.15, -0.1) is 10.2 Å². The Hall–Kier alpha value is -4.85. The Morgan fingerprint density at radius 1 is 0.886 bits per heavy atom. The second kappa shape index (κ2) is 9.96. The van der Waals surface area contributed by atoms with Crippen LogP contribution in [0.25, 0.3) is 34.4 Å². The highest BCUT2D eigenvalue weighted by Crippen LogP contribution is 2.19. The van der Waals surface area contributed by atoms with Crippen molar-refractivity contribution in [2.24, 2.45) is 0 Å². The third-order valence-electron chi connectivity index (χ3n) is 5.29. The van der Waals surface area contributed by atoms with Crippen LogP contribution in [0.15, 0.2) is 84.9 Å². The van der Waals surface area contributed by atoms with Gasteiger partial charge in [-0.05, 0) is 40.6 Å². The first kappa shape index (κ1) is 22.0. The number of aliphatic carboxylic acids is 1. The van der Waals surface area contributed by atoms with Crippen molar-refractivity contribution in [3.63, 3.8) is 0 Å². The summed E-state index contributed by atoms with van der Waals surface area (Å²) in [5.74, 6) is 0.150. The van der Waals surface area contributed by atoms with E-state index in [9.17, 15) is 4.79 Å². The first-order valence-corrected chi connectivity index (χ1v) is 11.0. The molecule has 8 nitrogen and oxygen atoms in total. The van der Waals surface area contributed by atoms with Crippen molar-refractivity contribution in [1.82, 2.24) is 25.2 Å². The van der Waals surface area contributed by atoms with Crippen molar-refractivity contribution in [2.45, 2.75) is 13.2 Å². The van der Waals surface area contributed by atoms with Crippen LogP contribution in [0.2, 0.25) is 0 Å². The van der Waals surface area contributed by atoms with Crippen molar-refractivity contribution in [2.75, 3.05) is 0 Å². The lowest BCUT2D eigenvalue weighted by Gasteiger charge is -2.07. The second-order valence-corrected chi connectivity index (χ2v) is 7.85. The molecule has 8 heteroatoms. The molecule has 0 radical (unpaired) electrons. The standard InChI is InChI=1S/C27H21N5O3/c33-26(34)17-32-30-27(29-31-32)22-11-7-19(8-12-22)5-6-20-9-15-24(16-10-20)35-18-23-14-13-21-3-1-2-4-25(21)28-23/h1-16H,17-18H2,(H,33,34). The summed E-state index contributed by atoms with van der Waals surface area (Å²) in [6.45, 7) is 0.0866. The van der Waals surface area contributed by atoms with Crippen LogP contribution in [0.4, 0.5) is 0 Å². The Kier molecular flexibility index (Phi) is 6.25. The Balaban J connectivity index is 1.18. The maximum Gasteiger partial charge on any atom is 0.327 e. The number of ether oxygens (including phenoxy) is 1. The minimum Gasteiger partial charge on any atom is -0.487 e. The molecule has 0 fully saturated rings. The van der Waals surface area contributed by atoms with Crippen molar-refractivity contribution < 1.29 is 14.6 Å². The molecule has 0 amide bonds. The van der Waals surface area contributed by atoms with E-state index in [0.29, 0.717) is 12.4 Å². The molecule has 5 aromatic rings.